The molecule has 0 atom stereocenters. The van der Waals surface area contributed by atoms with Crippen LogP contribution < -0.4 is 0 Å². The van der Waals surface area contributed by atoms with E-state index in [1.807, 2.05) is 6.92 Å². The zero-order chi connectivity index (χ0) is 9.61. The van der Waals surface area contributed by atoms with E-state index < -0.39 is 18.8 Å². The van der Waals surface area contributed by atoms with Crippen LogP contribution in [0.3, 0.4) is 0 Å². The van der Waals surface area contributed by atoms with Gasteiger partial charge in [-0.15, -0.1) is 0 Å². The normalized spacial score (nSPS) is 12.5. The molecule has 74 valence electrons. The average Bonchev–Trinajstić information content (AvgIpc) is 1.98. The minimum atomic E-state index is -3.78. The molecule has 0 N–H and O–H groups in total. The molecule has 0 spiro atoms. The Labute approximate surface area is 70.0 Å². The molecule has 4 heteroatoms. The monoisotopic (exact) mass is 186 g/mol. The lowest BCUT2D eigenvalue weighted by atomic mass is 10.1. The second kappa shape index (κ2) is 5.38. The molecule has 0 aromatic rings. The first-order chi connectivity index (χ1) is 5.50. The molecule has 0 saturated heterocycles. The van der Waals surface area contributed by atoms with Gasteiger partial charge < -0.3 is 0 Å². The van der Waals surface area contributed by atoms with Crippen LogP contribution in [0.5, 0.6) is 0 Å². The standard InChI is InChI=1S/C8H14F4/c1-2-3-4-5-6-8(11,12)7(9)10/h7H,2-6H2,1H3. The largest absolute Gasteiger partial charge is 0.307 e. The average molecular weight is 186 g/mol. The minimum Gasteiger partial charge on any atom is -0.204 e. The van der Waals surface area contributed by atoms with Gasteiger partial charge in [-0.25, -0.2) is 17.6 Å². The maximum Gasteiger partial charge on any atom is 0.307 e. The first-order valence-electron chi connectivity index (χ1n) is 4.16. The van der Waals surface area contributed by atoms with E-state index in [1.54, 1.807) is 0 Å². The van der Waals surface area contributed by atoms with Crippen LogP contribution in [0.2, 0.25) is 0 Å². The van der Waals surface area contributed by atoms with E-state index >= 15 is 0 Å². The van der Waals surface area contributed by atoms with Gasteiger partial charge in [-0.05, 0) is 6.42 Å². The third-order valence-corrected chi connectivity index (χ3v) is 1.68. The van der Waals surface area contributed by atoms with Gasteiger partial charge in [-0.1, -0.05) is 26.2 Å². The van der Waals surface area contributed by atoms with Crippen molar-refractivity contribution in [1.29, 1.82) is 0 Å². The fourth-order valence-electron chi connectivity index (χ4n) is 0.897. The third-order valence-electron chi connectivity index (χ3n) is 1.68. The summed E-state index contributed by atoms with van der Waals surface area (Å²) in [6, 6.07) is 0. The van der Waals surface area contributed by atoms with Crippen molar-refractivity contribution in [3.63, 3.8) is 0 Å². The first kappa shape index (κ1) is 11.7. The maximum atomic E-state index is 12.2. The summed E-state index contributed by atoms with van der Waals surface area (Å²) in [6.07, 6.45) is -1.66. The van der Waals surface area contributed by atoms with Gasteiger partial charge in [0.05, 0.1) is 0 Å². The Morgan fingerprint density at radius 2 is 1.67 bits per heavy atom. The molecule has 0 bridgehead atoms. The number of halogens is 4. The number of unbranched alkanes of at least 4 members (excludes halogenated alkanes) is 3. The highest BCUT2D eigenvalue weighted by Gasteiger charge is 2.39. The summed E-state index contributed by atoms with van der Waals surface area (Å²) < 4.78 is 47.6. The topological polar surface area (TPSA) is 0 Å². The van der Waals surface area contributed by atoms with Gasteiger partial charge in [-0.2, -0.15) is 0 Å². The van der Waals surface area contributed by atoms with E-state index in [0.717, 1.165) is 12.8 Å². The Kier molecular flexibility index (Phi) is 5.25. The van der Waals surface area contributed by atoms with Gasteiger partial charge in [0.2, 0.25) is 0 Å². The smallest absolute Gasteiger partial charge is 0.204 e. The number of rotatable bonds is 6. The van der Waals surface area contributed by atoms with E-state index in [2.05, 4.69) is 0 Å². The Bertz CT molecular complexity index is 112. The number of hydrogen-bond acceptors (Lipinski definition) is 0. The highest BCUT2D eigenvalue weighted by Crippen LogP contribution is 2.28. The zero-order valence-electron chi connectivity index (χ0n) is 7.12. The molecule has 0 heterocycles. The quantitative estimate of drug-likeness (QED) is 0.436. The molecule has 0 nitrogen and oxygen atoms in total. The molecule has 0 aliphatic carbocycles. The summed E-state index contributed by atoms with van der Waals surface area (Å²) >= 11 is 0. The Balaban J connectivity index is 3.47. The number of alkyl halides is 4. The van der Waals surface area contributed by atoms with Gasteiger partial charge in [0.15, 0.2) is 0 Å². The lowest BCUT2D eigenvalue weighted by Gasteiger charge is -2.14. The van der Waals surface area contributed by atoms with Gasteiger partial charge in [0, 0.05) is 6.42 Å². The molecule has 0 radical (unpaired) electrons. The Morgan fingerprint density at radius 1 is 1.08 bits per heavy atom. The summed E-state index contributed by atoms with van der Waals surface area (Å²) in [6.45, 7) is 1.94. The van der Waals surface area contributed by atoms with Gasteiger partial charge in [-0.3, -0.25) is 0 Å². The summed E-state index contributed by atoms with van der Waals surface area (Å²) in [7, 11) is 0. The summed E-state index contributed by atoms with van der Waals surface area (Å²) in [5.41, 5.74) is 0. The van der Waals surface area contributed by atoms with Crippen molar-refractivity contribution in [1.82, 2.24) is 0 Å². The van der Waals surface area contributed by atoms with Crippen molar-refractivity contribution in [2.24, 2.45) is 0 Å². The van der Waals surface area contributed by atoms with Crippen molar-refractivity contribution in [2.45, 2.75) is 51.4 Å². The molecule has 0 amide bonds. The van der Waals surface area contributed by atoms with Crippen LogP contribution in [0.1, 0.15) is 39.0 Å². The Hall–Kier alpha value is -0.280. The molecule has 0 aromatic heterocycles. The molecular weight excluding hydrogens is 172 g/mol. The lowest BCUT2D eigenvalue weighted by molar-refractivity contribution is -0.133. The minimum absolute atomic E-state index is 0.186. The molecule has 0 rings (SSSR count). The van der Waals surface area contributed by atoms with Crippen LogP contribution in [0, 0.1) is 0 Å². The molecule has 12 heavy (non-hydrogen) atoms. The lowest BCUT2D eigenvalue weighted by Crippen LogP contribution is -2.25. The zero-order valence-corrected chi connectivity index (χ0v) is 7.12. The van der Waals surface area contributed by atoms with Crippen molar-refractivity contribution in [2.75, 3.05) is 0 Å². The summed E-state index contributed by atoms with van der Waals surface area (Å²) in [5, 5.41) is 0. The SMILES string of the molecule is CCCCCCC(F)(F)C(F)F. The van der Waals surface area contributed by atoms with Gasteiger partial charge in [0.1, 0.15) is 0 Å². The number of hydrogen-bond donors (Lipinski definition) is 0. The van der Waals surface area contributed by atoms with Crippen LogP contribution in [-0.4, -0.2) is 12.3 Å². The predicted octanol–water partition coefficient (Wildman–Crippen LogP) is 3.86. The van der Waals surface area contributed by atoms with Crippen molar-refractivity contribution >= 4 is 0 Å². The summed E-state index contributed by atoms with van der Waals surface area (Å²) in [5.74, 6) is -3.78. The van der Waals surface area contributed by atoms with Gasteiger partial charge >= 0.3 is 12.3 Å². The van der Waals surface area contributed by atoms with E-state index in [4.69, 9.17) is 0 Å². The second-order valence-electron chi connectivity index (χ2n) is 2.87. The van der Waals surface area contributed by atoms with Crippen LogP contribution >= 0.6 is 0 Å². The second-order valence-corrected chi connectivity index (χ2v) is 2.87. The third kappa shape index (κ3) is 4.57. The molecule has 0 unspecified atom stereocenters. The molecule has 0 fully saturated rings. The molecule has 0 aromatic carbocycles. The van der Waals surface area contributed by atoms with Crippen LogP contribution in [-0.2, 0) is 0 Å². The highest BCUT2D eigenvalue weighted by atomic mass is 19.3. The van der Waals surface area contributed by atoms with E-state index in [1.165, 1.54) is 0 Å². The molecule has 0 aliphatic rings. The van der Waals surface area contributed by atoms with Crippen LogP contribution in [0.15, 0.2) is 0 Å². The molecule has 0 saturated carbocycles. The fourth-order valence-corrected chi connectivity index (χ4v) is 0.897. The summed E-state index contributed by atoms with van der Waals surface area (Å²) in [4.78, 5) is 0. The van der Waals surface area contributed by atoms with Crippen molar-refractivity contribution in [3.05, 3.63) is 0 Å². The van der Waals surface area contributed by atoms with E-state index in [9.17, 15) is 17.6 Å². The first-order valence-corrected chi connectivity index (χ1v) is 4.16. The molecule has 0 aliphatic heterocycles. The Morgan fingerprint density at radius 3 is 2.08 bits per heavy atom. The van der Waals surface area contributed by atoms with Crippen LogP contribution in [0.4, 0.5) is 17.6 Å². The molecular formula is C8H14F4. The maximum absolute atomic E-state index is 12.2. The highest BCUT2D eigenvalue weighted by molar-refractivity contribution is 4.68. The van der Waals surface area contributed by atoms with Crippen molar-refractivity contribution < 1.29 is 17.6 Å². The van der Waals surface area contributed by atoms with Crippen molar-refractivity contribution in [3.8, 4) is 0 Å². The van der Waals surface area contributed by atoms with Gasteiger partial charge in [0.25, 0.3) is 0 Å². The fraction of sp³-hybridized carbons (Fsp3) is 1.00. The van der Waals surface area contributed by atoms with Crippen LogP contribution in [0.25, 0.3) is 0 Å². The van der Waals surface area contributed by atoms with E-state index in [0.29, 0.717) is 6.42 Å². The predicted molar refractivity (Wildman–Crippen MR) is 39.7 cm³/mol. The van der Waals surface area contributed by atoms with E-state index in [-0.39, 0.29) is 6.42 Å².